The van der Waals surface area contributed by atoms with Gasteiger partial charge in [-0.2, -0.15) is 0 Å². The quantitative estimate of drug-likeness (QED) is 0.820. The largest absolute Gasteiger partial charge is 0.343 e. The van der Waals surface area contributed by atoms with Crippen molar-refractivity contribution in [1.82, 2.24) is 10.6 Å². The van der Waals surface area contributed by atoms with Crippen molar-refractivity contribution < 1.29 is 22.8 Å². The molecule has 2 saturated heterocycles. The topological polar surface area (TPSA) is 61.4 Å². The second kappa shape index (κ2) is 7.39. The Kier molecular flexibility index (Phi) is 5.86. The van der Waals surface area contributed by atoms with Gasteiger partial charge in [0.2, 0.25) is 11.8 Å². The molecule has 0 aromatic heterocycles. The zero-order valence-electron chi connectivity index (χ0n) is 12.9. The van der Waals surface area contributed by atoms with Crippen LogP contribution in [0.4, 0.5) is 18.9 Å². The van der Waals surface area contributed by atoms with Gasteiger partial charge in [0.25, 0.3) is 5.92 Å². The smallest absolute Gasteiger partial charge is 0.262 e. The molecule has 3 rings (SSSR count). The van der Waals surface area contributed by atoms with E-state index >= 15 is 0 Å². The molecule has 0 aliphatic carbocycles. The van der Waals surface area contributed by atoms with E-state index in [1.807, 2.05) is 0 Å². The number of halogens is 5. The SMILES string of the molecule is Cl.O=C(NC1CCN(c2ccc(F)c(Cl)c2)C1=O)C1CC(F)(F)CN1. The summed E-state index contributed by atoms with van der Waals surface area (Å²) in [4.78, 5) is 25.8. The molecule has 10 heteroatoms. The van der Waals surface area contributed by atoms with Gasteiger partial charge in [-0.25, -0.2) is 13.2 Å². The Labute approximate surface area is 153 Å². The third-order valence-electron chi connectivity index (χ3n) is 4.16. The molecule has 138 valence electrons. The number of hydrogen-bond acceptors (Lipinski definition) is 3. The fourth-order valence-corrected chi connectivity index (χ4v) is 3.07. The molecule has 25 heavy (non-hydrogen) atoms. The Morgan fingerprint density at radius 3 is 2.72 bits per heavy atom. The predicted molar refractivity (Wildman–Crippen MR) is 88.9 cm³/mol. The first-order valence-corrected chi connectivity index (χ1v) is 7.83. The van der Waals surface area contributed by atoms with Crippen molar-refractivity contribution in [2.45, 2.75) is 30.8 Å². The molecule has 2 amide bonds. The van der Waals surface area contributed by atoms with Crippen molar-refractivity contribution in [3.8, 4) is 0 Å². The number of anilines is 1. The molecule has 5 nitrogen and oxygen atoms in total. The van der Waals surface area contributed by atoms with E-state index in [0.29, 0.717) is 18.7 Å². The molecule has 0 bridgehead atoms. The van der Waals surface area contributed by atoms with Gasteiger partial charge in [0.05, 0.1) is 17.6 Å². The van der Waals surface area contributed by atoms with E-state index in [1.165, 1.54) is 17.0 Å². The zero-order valence-corrected chi connectivity index (χ0v) is 14.5. The molecule has 0 spiro atoms. The van der Waals surface area contributed by atoms with Gasteiger partial charge in [-0.1, -0.05) is 11.6 Å². The Morgan fingerprint density at radius 1 is 1.40 bits per heavy atom. The normalized spacial score (nSPS) is 25.0. The second-order valence-electron chi connectivity index (χ2n) is 5.93. The van der Waals surface area contributed by atoms with Gasteiger partial charge < -0.3 is 10.2 Å². The Hall–Kier alpha value is -1.51. The summed E-state index contributed by atoms with van der Waals surface area (Å²) in [5.74, 6) is -4.51. The number of alkyl halides is 2. The van der Waals surface area contributed by atoms with E-state index in [9.17, 15) is 22.8 Å². The molecule has 1 aromatic rings. The standard InChI is InChI=1S/C15H15ClF3N3O2.ClH/c16-9-5-8(1-2-10(9)17)22-4-3-11(14(22)24)21-13(23)12-6-15(18,19)7-20-12;/h1-2,5,11-12,20H,3-4,6-7H2,(H,21,23);1H. The van der Waals surface area contributed by atoms with Crippen LogP contribution in [0.3, 0.4) is 0 Å². The van der Waals surface area contributed by atoms with Crippen LogP contribution < -0.4 is 15.5 Å². The summed E-state index contributed by atoms with van der Waals surface area (Å²) in [6.45, 7) is -0.232. The lowest BCUT2D eigenvalue weighted by atomic mass is 10.1. The van der Waals surface area contributed by atoms with E-state index in [2.05, 4.69) is 10.6 Å². The summed E-state index contributed by atoms with van der Waals surface area (Å²) in [6, 6.07) is 2.10. The molecule has 0 saturated carbocycles. The highest BCUT2D eigenvalue weighted by atomic mass is 35.5. The summed E-state index contributed by atoms with van der Waals surface area (Å²) in [6.07, 6.45) is -0.250. The van der Waals surface area contributed by atoms with Crippen LogP contribution in [0.5, 0.6) is 0 Å². The van der Waals surface area contributed by atoms with Gasteiger partial charge in [0.1, 0.15) is 11.9 Å². The van der Waals surface area contributed by atoms with Crippen molar-refractivity contribution in [3.05, 3.63) is 29.0 Å². The molecular formula is C15H16Cl2F3N3O2. The summed E-state index contributed by atoms with van der Waals surface area (Å²) < 4.78 is 39.5. The molecule has 2 heterocycles. The number of nitrogens with zero attached hydrogens (tertiary/aromatic N) is 1. The minimum atomic E-state index is -2.92. The minimum Gasteiger partial charge on any atom is -0.343 e. The van der Waals surface area contributed by atoms with E-state index in [-0.39, 0.29) is 23.3 Å². The van der Waals surface area contributed by atoms with Crippen LogP contribution in [-0.4, -0.2) is 42.9 Å². The number of nitrogens with one attached hydrogen (secondary N) is 2. The van der Waals surface area contributed by atoms with Crippen molar-refractivity contribution in [1.29, 1.82) is 0 Å². The van der Waals surface area contributed by atoms with Gasteiger partial charge in [-0.15, -0.1) is 12.4 Å². The monoisotopic (exact) mass is 397 g/mol. The molecule has 2 atom stereocenters. The summed E-state index contributed by atoms with van der Waals surface area (Å²) in [5.41, 5.74) is 0.425. The van der Waals surface area contributed by atoms with Crippen LogP contribution in [0.15, 0.2) is 18.2 Å². The predicted octanol–water partition coefficient (Wildman–Crippen LogP) is 2.12. The third-order valence-corrected chi connectivity index (χ3v) is 4.45. The van der Waals surface area contributed by atoms with Gasteiger partial charge in [-0.3, -0.25) is 14.9 Å². The van der Waals surface area contributed by atoms with Crippen LogP contribution in [0.25, 0.3) is 0 Å². The van der Waals surface area contributed by atoms with Gasteiger partial charge >= 0.3 is 0 Å². The number of rotatable bonds is 3. The first kappa shape index (κ1) is 19.8. The molecule has 2 unspecified atom stereocenters. The first-order valence-electron chi connectivity index (χ1n) is 7.45. The van der Waals surface area contributed by atoms with E-state index in [4.69, 9.17) is 11.6 Å². The summed E-state index contributed by atoms with van der Waals surface area (Å²) in [7, 11) is 0. The van der Waals surface area contributed by atoms with Crippen molar-refractivity contribution in [3.63, 3.8) is 0 Å². The van der Waals surface area contributed by atoms with Crippen molar-refractivity contribution in [2.75, 3.05) is 18.0 Å². The molecule has 2 fully saturated rings. The van der Waals surface area contributed by atoms with Crippen LogP contribution >= 0.6 is 24.0 Å². The fourth-order valence-electron chi connectivity index (χ4n) is 2.90. The maximum absolute atomic E-state index is 13.2. The molecule has 1 aromatic carbocycles. The lowest BCUT2D eigenvalue weighted by molar-refractivity contribution is -0.127. The molecule has 2 aliphatic rings. The fraction of sp³-hybridized carbons (Fsp3) is 0.467. The zero-order chi connectivity index (χ0) is 17.5. The van der Waals surface area contributed by atoms with Crippen LogP contribution in [0.1, 0.15) is 12.8 Å². The third kappa shape index (κ3) is 4.19. The minimum absolute atomic E-state index is 0. The molecule has 2 N–H and O–H groups in total. The Bertz CT molecular complexity index is 690. The Balaban J connectivity index is 0.00000225. The van der Waals surface area contributed by atoms with E-state index < -0.39 is 42.7 Å². The summed E-state index contributed by atoms with van der Waals surface area (Å²) in [5, 5.41) is 4.84. The van der Waals surface area contributed by atoms with Crippen molar-refractivity contribution in [2.24, 2.45) is 0 Å². The highest BCUT2D eigenvalue weighted by Gasteiger charge is 2.43. The van der Waals surface area contributed by atoms with E-state index in [0.717, 1.165) is 6.07 Å². The lowest BCUT2D eigenvalue weighted by Gasteiger charge is -2.18. The highest BCUT2D eigenvalue weighted by molar-refractivity contribution is 6.31. The van der Waals surface area contributed by atoms with Crippen LogP contribution in [0, 0.1) is 5.82 Å². The number of amides is 2. The van der Waals surface area contributed by atoms with Gasteiger partial charge in [0.15, 0.2) is 0 Å². The first-order chi connectivity index (χ1) is 11.3. The number of hydrogen-bond donors (Lipinski definition) is 2. The van der Waals surface area contributed by atoms with Gasteiger partial charge in [0, 0.05) is 18.7 Å². The Morgan fingerprint density at radius 2 is 2.12 bits per heavy atom. The maximum atomic E-state index is 13.2. The molecule has 2 aliphatic heterocycles. The molecule has 0 radical (unpaired) electrons. The van der Waals surface area contributed by atoms with E-state index in [1.54, 1.807) is 0 Å². The van der Waals surface area contributed by atoms with Crippen LogP contribution in [0.2, 0.25) is 5.02 Å². The maximum Gasteiger partial charge on any atom is 0.262 e. The number of carbonyl (C=O) groups excluding carboxylic acids is 2. The van der Waals surface area contributed by atoms with Gasteiger partial charge in [-0.05, 0) is 24.6 Å². The average molecular weight is 398 g/mol. The second-order valence-corrected chi connectivity index (χ2v) is 6.34. The highest BCUT2D eigenvalue weighted by Crippen LogP contribution is 2.27. The molecular weight excluding hydrogens is 382 g/mol. The number of benzene rings is 1. The van der Waals surface area contributed by atoms with Crippen LogP contribution in [-0.2, 0) is 9.59 Å². The van der Waals surface area contributed by atoms with Crippen molar-refractivity contribution >= 4 is 41.5 Å². The summed E-state index contributed by atoms with van der Waals surface area (Å²) >= 11 is 5.71. The number of carbonyl (C=O) groups is 2. The average Bonchev–Trinajstić information content (AvgIpc) is 3.06. The lowest BCUT2D eigenvalue weighted by Crippen LogP contribution is -2.48.